The average molecular weight is 249 g/mol. The lowest BCUT2D eigenvalue weighted by molar-refractivity contribution is -0.296. The summed E-state index contributed by atoms with van der Waals surface area (Å²) in [7, 11) is 1.42. The molecule has 100 valence electrons. The van der Waals surface area contributed by atoms with Crippen molar-refractivity contribution in [1.82, 2.24) is 5.32 Å². The van der Waals surface area contributed by atoms with Gasteiger partial charge in [-0.1, -0.05) is 0 Å². The molecule has 5 atom stereocenters. The van der Waals surface area contributed by atoms with Crippen molar-refractivity contribution >= 4 is 5.91 Å². The average Bonchev–Trinajstić information content (AvgIpc) is 2.22. The van der Waals surface area contributed by atoms with E-state index >= 15 is 0 Å². The molecule has 0 unspecified atom stereocenters. The minimum absolute atomic E-state index is 0.00901. The Morgan fingerprint density at radius 2 is 2.06 bits per heavy atom. The lowest BCUT2D eigenvalue weighted by Crippen LogP contribution is -2.68. The van der Waals surface area contributed by atoms with Crippen LogP contribution in [0, 0.1) is 0 Å². The number of nitrogens with one attached hydrogen (secondary N) is 1. The third kappa shape index (κ3) is 2.93. The van der Waals surface area contributed by atoms with Crippen molar-refractivity contribution in [2.45, 2.75) is 44.0 Å². The molecular formula is C10H19NO6. The molecule has 0 spiro atoms. The zero-order valence-electron chi connectivity index (χ0n) is 10.1. The highest BCUT2D eigenvalue weighted by atomic mass is 16.6. The normalized spacial score (nSPS) is 42.2. The SMILES string of the molecule is COC[C@@]1(C)O[C@H](O)[C@H](NC(C)=O)[C@@H](O)[C@H]1O. The van der Waals surface area contributed by atoms with E-state index in [1.807, 2.05) is 0 Å². The molecule has 4 N–H and O–H groups in total. The highest BCUT2D eigenvalue weighted by Crippen LogP contribution is 2.29. The Morgan fingerprint density at radius 1 is 1.47 bits per heavy atom. The van der Waals surface area contributed by atoms with Crippen LogP contribution in [-0.2, 0) is 14.3 Å². The molecule has 0 aromatic rings. The lowest BCUT2D eigenvalue weighted by Gasteiger charge is -2.46. The number of hydrogen-bond acceptors (Lipinski definition) is 6. The van der Waals surface area contributed by atoms with Crippen LogP contribution in [0.5, 0.6) is 0 Å². The van der Waals surface area contributed by atoms with Crippen molar-refractivity contribution in [3.05, 3.63) is 0 Å². The van der Waals surface area contributed by atoms with Gasteiger partial charge in [-0.2, -0.15) is 0 Å². The first-order valence-corrected chi connectivity index (χ1v) is 5.30. The number of rotatable bonds is 3. The summed E-state index contributed by atoms with van der Waals surface area (Å²) in [4.78, 5) is 10.9. The molecule has 0 aliphatic carbocycles. The van der Waals surface area contributed by atoms with Gasteiger partial charge in [0, 0.05) is 14.0 Å². The summed E-state index contributed by atoms with van der Waals surface area (Å²) < 4.78 is 10.1. The Labute approximate surface area is 99.3 Å². The fourth-order valence-electron chi connectivity index (χ4n) is 1.94. The summed E-state index contributed by atoms with van der Waals surface area (Å²) in [5.41, 5.74) is -1.22. The summed E-state index contributed by atoms with van der Waals surface area (Å²) in [6.07, 6.45) is -4.01. The van der Waals surface area contributed by atoms with Gasteiger partial charge in [-0.05, 0) is 6.92 Å². The lowest BCUT2D eigenvalue weighted by atomic mass is 9.87. The van der Waals surface area contributed by atoms with Crippen molar-refractivity contribution in [2.75, 3.05) is 13.7 Å². The van der Waals surface area contributed by atoms with Crippen LogP contribution < -0.4 is 5.32 Å². The molecule has 0 radical (unpaired) electrons. The van der Waals surface area contributed by atoms with Crippen LogP contribution in [0.2, 0.25) is 0 Å². The van der Waals surface area contributed by atoms with Crippen molar-refractivity contribution < 1.29 is 29.6 Å². The van der Waals surface area contributed by atoms with Crippen molar-refractivity contribution in [3.8, 4) is 0 Å². The predicted octanol–water partition coefficient (Wildman–Crippen LogP) is -2.03. The van der Waals surface area contributed by atoms with Crippen LogP contribution in [0.3, 0.4) is 0 Å². The largest absolute Gasteiger partial charge is 0.388 e. The van der Waals surface area contributed by atoms with E-state index in [9.17, 15) is 20.1 Å². The molecule has 0 aromatic carbocycles. The van der Waals surface area contributed by atoms with E-state index in [0.29, 0.717) is 0 Å². The van der Waals surface area contributed by atoms with Gasteiger partial charge < -0.3 is 30.1 Å². The molecule has 1 amide bonds. The molecule has 7 nitrogen and oxygen atoms in total. The van der Waals surface area contributed by atoms with E-state index in [1.165, 1.54) is 21.0 Å². The van der Waals surface area contributed by atoms with Crippen LogP contribution >= 0.6 is 0 Å². The minimum atomic E-state index is -1.41. The fourth-order valence-corrected chi connectivity index (χ4v) is 1.94. The van der Waals surface area contributed by atoms with Crippen molar-refractivity contribution in [2.24, 2.45) is 0 Å². The first-order chi connectivity index (χ1) is 7.81. The van der Waals surface area contributed by atoms with Gasteiger partial charge >= 0.3 is 0 Å². The molecule has 1 heterocycles. The second-order valence-corrected chi connectivity index (χ2v) is 4.42. The van der Waals surface area contributed by atoms with Gasteiger partial charge in [0.1, 0.15) is 23.9 Å². The highest BCUT2D eigenvalue weighted by Gasteiger charge is 2.51. The second-order valence-electron chi connectivity index (χ2n) is 4.42. The van der Waals surface area contributed by atoms with E-state index in [2.05, 4.69) is 5.32 Å². The second kappa shape index (κ2) is 5.28. The van der Waals surface area contributed by atoms with Gasteiger partial charge in [0.2, 0.25) is 5.91 Å². The summed E-state index contributed by atoms with van der Waals surface area (Å²) in [5.74, 6) is -0.431. The highest BCUT2D eigenvalue weighted by molar-refractivity contribution is 5.73. The number of amides is 1. The monoisotopic (exact) mass is 249 g/mol. The standard InChI is InChI=1S/C10H19NO6/c1-5(12)11-6-7(13)8(14)10(2,4-16-3)17-9(6)15/h6-9,13-15H,4H2,1-3H3,(H,11,12)/t6-,7-,8-,9+,10-/m1/s1. The number of carbonyl (C=O) groups excluding carboxylic acids is 1. The molecule has 0 aromatic heterocycles. The first kappa shape index (κ1) is 14.3. The summed E-state index contributed by atoms with van der Waals surface area (Å²) in [6, 6.07) is -1.06. The quantitative estimate of drug-likeness (QED) is 0.459. The Morgan fingerprint density at radius 3 is 2.53 bits per heavy atom. The van der Waals surface area contributed by atoms with E-state index in [1.54, 1.807) is 0 Å². The minimum Gasteiger partial charge on any atom is -0.388 e. The smallest absolute Gasteiger partial charge is 0.217 e. The molecule has 1 aliphatic rings. The van der Waals surface area contributed by atoms with E-state index < -0.39 is 36.0 Å². The number of carbonyl (C=O) groups is 1. The molecule has 1 rings (SSSR count). The molecular weight excluding hydrogens is 230 g/mol. The van der Waals surface area contributed by atoms with E-state index in [0.717, 1.165) is 0 Å². The van der Waals surface area contributed by atoms with Gasteiger partial charge in [0.15, 0.2) is 6.29 Å². The molecule has 1 fully saturated rings. The van der Waals surface area contributed by atoms with Crippen molar-refractivity contribution in [3.63, 3.8) is 0 Å². The summed E-state index contributed by atoms with van der Waals surface area (Å²) in [6.45, 7) is 2.77. The van der Waals surface area contributed by atoms with Crippen molar-refractivity contribution in [1.29, 1.82) is 0 Å². The predicted molar refractivity (Wildman–Crippen MR) is 57.0 cm³/mol. The molecule has 17 heavy (non-hydrogen) atoms. The summed E-state index contributed by atoms with van der Waals surface area (Å²) in [5, 5.41) is 31.8. The maximum absolute atomic E-state index is 10.9. The molecule has 7 heteroatoms. The van der Waals surface area contributed by atoms with E-state index in [-0.39, 0.29) is 6.61 Å². The number of methoxy groups -OCH3 is 1. The van der Waals surface area contributed by atoms with E-state index in [4.69, 9.17) is 9.47 Å². The van der Waals surface area contributed by atoms with Gasteiger partial charge in [0.05, 0.1) is 6.61 Å². The molecule has 0 bridgehead atoms. The number of aliphatic hydroxyl groups is 3. The van der Waals surface area contributed by atoms with Gasteiger partial charge in [0.25, 0.3) is 0 Å². The van der Waals surface area contributed by atoms with Crippen LogP contribution in [-0.4, -0.2) is 65.1 Å². The first-order valence-electron chi connectivity index (χ1n) is 5.30. The molecule has 1 saturated heterocycles. The zero-order chi connectivity index (χ0) is 13.2. The van der Waals surface area contributed by atoms with Crippen LogP contribution in [0.4, 0.5) is 0 Å². The number of aliphatic hydroxyl groups excluding tert-OH is 3. The Hall–Kier alpha value is -0.730. The zero-order valence-corrected chi connectivity index (χ0v) is 10.1. The topological polar surface area (TPSA) is 108 Å². The van der Waals surface area contributed by atoms with Gasteiger partial charge in [-0.15, -0.1) is 0 Å². The molecule has 0 saturated carbocycles. The van der Waals surface area contributed by atoms with Crippen LogP contribution in [0.1, 0.15) is 13.8 Å². The maximum atomic E-state index is 10.9. The van der Waals surface area contributed by atoms with Gasteiger partial charge in [-0.25, -0.2) is 0 Å². The van der Waals surface area contributed by atoms with Gasteiger partial charge in [-0.3, -0.25) is 4.79 Å². The number of ether oxygens (including phenoxy) is 2. The molecule has 1 aliphatic heterocycles. The third-order valence-electron chi connectivity index (χ3n) is 2.82. The van der Waals surface area contributed by atoms with Crippen LogP contribution in [0.15, 0.2) is 0 Å². The van der Waals surface area contributed by atoms with Crippen LogP contribution in [0.25, 0.3) is 0 Å². The Bertz CT molecular complexity index is 286. The fraction of sp³-hybridized carbons (Fsp3) is 0.900. The Kier molecular flexibility index (Phi) is 4.45. The third-order valence-corrected chi connectivity index (χ3v) is 2.82. The maximum Gasteiger partial charge on any atom is 0.217 e. The number of hydrogen-bond donors (Lipinski definition) is 4. The Balaban J connectivity index is 2.82. The summed E-state index contributed by atoms with van der Waals surface area (Å²) >= 11 is 0.